The Hall–Kier alpha value is -0.980. The van der Waals surface area contributed by atoms with E-state index in [1.165, 1.54) is 5.69 Å². The molecule has 0 unspecified atom stereocenters. The summed E-state index contributed by atoms with van der Waals surface area (Å²) in [5.41, 5.74) is 7.08. The van der Waals surface area contributed by atoms with Crippen molar-refractivity contribution < 1.29 is 0 Å². The van der Waals surface area contributed by atoms with E-state index in [4.69, 9.17) is 5.73 Å². The van der Waals surface area contributed by atoms with Crippen molar-refractivity contribution >= 4 is 35.6 Å². The lowest BCUT2D eigenvalue weighted by Gasteiger charge is -2.23. The fourth-order valence-corrected chi connectivity index (χ4v) is 1.93. The summed E-state index contributed by atoms with van der Waals surface area (Å²) in [6, 6.07) is 10.5. The van der Waals surface area contributed by atoms with E-state index >= 15 is 0 Å². The number of rotatable bonds is 8. The van der Waals surface area contributed by atoms with Crippen LogP contribution in [0.15, 0.2) is 35.3 Å². The molecule has 0 heterocycles. The first-order chi connectivity index (χ1) is 9.63. The number of nitrogens with two attached hydrogens (primary N) is 1. The van der Waals surface area contributed by atoms with Gasteiger partial charge in [-0.1, -0.05) is 32.0 Å². The van der Waals surface area contributed by atoms with E-state index in [1.54, 1.807) is 0 Å². The maximum absolute atomic E-state index is 5.81. The third-order valence-corrected chi connectivity index (χ3v) is 3.04. The van der Waals surface area contributed by atoms with Gasteiger partial charge in [-0.25, -0.2) is 0 Å². The molecule has 3 N–H and O–H groups in total. The molecule has 0 aliphatic carbocycles. The Kier molecular flexibility index (Phi) is 11.1. The van der Waals surface area contributed by atoms with Gasteiger partial charge in [0.25, 0.3) is 0 Å². The number of nitrogens with one attached hydrogen (secondary N) is 1. The highest BCUT2D eigenvalue weighted by molar-refractivity contribution is 14.0. The Balaban J connectivity index is 0.00000400. The van der Waals surface area contributed by atoms with E-state index in [0.717, 1.165) is 32.6 Å². The molecule has 4 nitrogen and oxygen atoms in total. The Labute approximate surface area is 146 Å². The molecule has 0 radical (unpaired) electrons. The lowest BCUT2D eigenvalue weighted by atomic mass is 10.2. The van der Waals surface area contributed by atoms with Crippen LogP contribution in [0.2, 0.25) is 0 Å². The Morgan fingerprint density at radius 1 is 1.29 bits per heavy atom. The fourth-order valence-electron chi connectivity index (χ4n) is 1.93. The number of hydrogen-bond donors (Lipinski definition) is 2. The molecule has 5 heteroatoms. The second kappa shape index (κ2) is 11.7. The van der Waals surface area contributed by atoms with Crippen molar-refractivity contribution in [2.75, 3.05) is 31.1 Å². The third-order valence-electron chi connectivity index (χ3n) is 3.04. The summed E-state index contributed by atoms with van der Waals surface area (Å²) in [6.07, 6.45) is 1.04. The minimum Gasteiger partial charge on any atom is -0.372 e. The van der Waals surface area contributed by atoms with Gasteiger partial charge in [-0.3, -0.25) is 4.99 Å². The third kappa shape index (κ3) is 8.80. The molecular weight excluding hydrogens is 375 g/mol. The summed E-state index contributed by atoms with van der Waals surface area (Å²) < 4.78 is 0. The van der Waals surface area contributed by atoms with Gasteiger partial charge in [-0.05, 0) is 31.4 Å². The quantitative estimate of drug-likeness (QED) is 0.303. The van der Waals surface area contributed by atoms with Crippen molar-refractivity contribution in [2.24, 2.45) is 16.6 Å². The minimum atomic E-state index is 0. The normalized spacial score (nSPS) is 11.1. The Morgan fingerprint density at radius 2 is 1.95 bits per heavy atom. The van der Waals surface area contributed by atoms with Crippen LogP contribution in [0.4, 0.5) is 5.69 Å². The van der Waals surface area contributed by atoms with Crippen molar-refractivity contribution in [3.8, 4) is 0 Å². The average molecular weight is 404 g/mol. The van der Waals surface area contributed by atoms with E-state index in [9.17, 15) is 0 Å². The standard InChI is InChI=1S/C16H28N4.HI/c1-4-20(15-9-6-5-7-10-15)12-8-11-18-16(17)19-13-14(2)3;/h5-7,9-10,14H,4,8,11-13H2,1-3H3,(H3,17,18,19);1H. The highest BCUT2D eigenvalue weighted by Crippen LogP contribution is 2.12. The van der Waals surface area contributed by atoms with Gasteiger partial charge in [0.15, 0.2) is 5.96 Å². The summed E-state index contributed by atoms with van der Waals surface area (Å²) in [5, 5.41) is 3.17. The molecule has 0 atom stereocenters. The smallest absolute Gasteiger partial charge is 0.188 e. The maximum atomic E-state index is 5.81. The second-order valence-electron chi connectivity index (χ2n) is 5.32. The summed E-state index contributed by atoms with van der Waals surface area (Å²) in [4.78, 5) is 6.65. The van der Waals surface area contributed by atoms with Crippen LogP contribution in [0.5, 0.6) is 0 Å². The molecule has 0 saturated heterocycles. The predicted molar refractivity (Wildman–Crippen MR) is 104 cm³/mol. The lowest BCUT2D eigenvalue weighted by Crippen LogP contribution is -2.35. The number of aliphatic imine (C=N–C) groups is 1. The second-order valence-corrected chi connectivity index (χ2v) is 5.32. The van der Waals surface area contributed by atoms with E-state index < -0.39 is 0 Å². The summed E-state index contributed by atoms with van der Waals surface area (Å²) in [7, 11) is 0. The van der Waals surface area contributed by atoms with Gasteiger partial charge in [0.05, 0.1) is 0 Å². The number of para-hydroxylation sites is 1. The molecule has 0 aromatic heterocycles. The van der Waals surface area contributed by atoms with E-state index in [0.29, 0.717) is 11.9 Å². The van der Waals surface area contributed by atoms with Crippen molar-refractivity contribution in [3.05, 3.63) is 30.3 Å². The molecule has 0 spiro atoms. The molecule has 0 bridgehead atoms. The molecule has 0 aliphatic rings. The highest BCUT2D eigenvalue weighted by Gasteiger charge is 2.02. The van der Waals surface area contributed by atoms with Crippen LogP contribution in [0.25, 0.3) is 0 Å². The molecule has 120 valence electrons. The zero-order valence-electron chi connectivity index (χ0n) is 13.4. The monoisotopic (exact) mass is 404 g/mol. The van der Waals surface area contributed by atoms with E-state index in [-0.39, 0.29) is 24.0 Å². The molecular formula is C16H29IN4. The minimum absolute atomic E-state index is 0. The Morgan fingerprint density at radius 3 is 2.52 bits per heavy atom. The van der Waals surface area contributed by atoms with Gasteiger partial charge < -0.3 is 16.0 Å². The van der Waals surface area contributed by atoms with Crippen LogP contribution in [0, 0.1) is 5.92 Å². The number of nitrogens with zero attached hydrogens (tertiary/aromatic N) is 2. The fraction of sp³-hybridized carbons (Fsp3) is 0.562. The average Bonchev–Trinajstić information content (AvgIpc) is 2.46. The maximum Gasteiger partial charge on any atom is 0.188 e. The number of anilines is 1. The first kappa shape index (κ1) is 20.0. The van der Waals surface area contributed by atoms with Gasteiger partial charge in [0.2, 0.25) is 0 Å². The van der Waals surface area contributed by atoms with Crippen molar-refractivity contribution in [3.63, 3.8) is 0 Å². The number of benzene rings is 1. The molecule has 1 aromatic carbocycles. The number of guanidine groups is 1. The molecule has 21 heavy (non-hydrogen) atoms. The molecule has 1 aromatic rings. The predicted octanol–water partition coefficient (Wildman–Crippen LogP) is 3.08. The van der Waals surface area contributed by atoms with Crippen LogP contribution in [-0.2, 0) is 0 Å². The van der Waals surface area contributed by atoms with Crippen molar-refractivity contribution in [1.82, 2.24) is 5.32 Å². The van der Waals surface area contributed by atoms with Crippen LogP contribution in [0.3, 0.4) is 0 Å². The van der Waals surface area contributed by atoms with Crippen LogP contribution in [-0.4, -0.2) is 32.1 Å². The van der Waals surface area contributed by atoms with Crippen molar-refractivity contribution in [2.45, 2.75) is 27.2 Å². The molecule has 0 fully saturated rings. The number of halogens is 1. The largest absolute Gasteiger partial charge is 0.372 e. The summed E-state index contributed by atoms with van der Waals surface area (Å²) in [5.74, 6) is 1.10. The zero-order valence-corrected chi connectivity index (χ0v) is 15.7. The highest BCUT2D eigenvalue weighted by atomic mass is 127. The molecule has 0 saturated carbocycles. The zero-order chi connectivity index (χ0) is 14.8. The van der Waals surface area contributed by atoms with E-state index in [1.807, 2.05) is 6.07 Å². The number of hydrogen-bond acceptors (Lipinski definition) is 2. The first-order valence-electron chi connectivity index (χ1n) is 7.47. The van der Waals surface area contributed by atoms with Crippen molar-refractivity contribution in [1.29, 1.82) is 0 Å². The van der Waals surface area contributed by atoms with Crippen LogP contribution in [0.1, 0.15) is 27.2 Å². The van der Waals surface area contributed by atoms with Gasteiger partial charge in [-0.15, -0.1) is 24.0 Å². The SMILES string of the molecule is CCN(CCCNC(N)=NCC(C)C)c1ccccc1.I. The van der Waals surface area contributed by atoms with Crippen LogP contribution < -0.4 is 16.0 Å². The Bertz CT molecular complexity index is 393. The first-order valence-corrected chi connectivity index (χ1v) is 7.47. The topological polar surface area (TPSA) is 53.6 Å². The summed E-state index contributed by atoms with van der Waals surface area (Å²) >= 11 is 0. The van der Waals surface area contributed by atoms with Gasteiger partial charge in [0.1, 0.15) is 0 Å². The van der Waals surface area contributed by atoms with Gasteiger partial charge >= 0.3 is 0 Å². The molecule has 0 aliphatic heterocycles. The summed E-state index contributed by atoms with van der Waals surface area (Å²) in [6.45, 7) is 10.1. The van der Waals surface area contributed by atoms with Gasteiger partial charge in [0, 0.05) is 31.9 Å². The van der Waals surface area contributed by atoms with E-state index in [2.05, 4.69) is 60.2 Å². The lowest BCUT2D eigenvalue weighted by molar-refractivity contribution is 0.658. The molecule has 0 amide bonds. The molecule has 1 rings (SSSR count). The van der Waals surface area contributed by atoms with Crippen LogP contribution >= 0.6 is 24.0 Å². The van der Waals surface area contributed by atoms with Gasteiger partial charge in [-0.2, -0.15) is 0 Å².